The molecule has 6 nitrogen and oxygen atoms in total. The Hall–Kier alpha value is -3.67. The van der Waals surface area contributed by atoms with Gasteiger partial charge in [-0.2, -0.15) is 0 Å². The van der Waals surface area contributed by atoms with Crippen molar-refractivity contribution >= 4 is 18.1 Å². The van der Waals surface area contributed by atoms with Crippen molar-refractivity contribution in [3.05, 3.63) is 83.3 Å². The number of benzene rings is 2. The molecule has 6 heteroatoms. The summed E-state index contributed by atoms with van der Waals surface area (Å²) in [5.41, 5.74) is 3.83. The highest BCUT2D eigenvalue weighted by molar-refractivity contribution is 6.00. The Morgan fingerprint density at radius 1 is 1.07 bits per heavy atom. The lowest BCUT2D eigenvalue weighted by Gasteiger charge is -2.06. The lowest BCUT2D eigenvalue weighted by molar-refractivity contribution is -0.123. The lowest BCUT2D eigenvalue weighted by atomic mass is 10.0. The molecule has 4 rings (SSSR count). The van der Waals surface area contributed by atoms with Crippen LogP contribution in [0.25, 0.3) is 17.5 Å². The van der Waals surface area contributed by atoms with Crippen LogP contribution in [-0.2, 0) is 22.4 Å². The first-order chi connectivity index (χ1) is 14.1. The van der Waals surface area contributed by atoms with Crippen LogP contribution in [0.1, 0.15) is 22.6 Å². The highest BCUT2D eigenvalue weighted by Crippen LogP contribution is 2.22. The molecule has 3 aromatic rings. The summed E-state index contributed by atoms with van der Waals surface area (Å²) in [4.78, 5) is 27.2. The number of allylic oxidation sites excluding steroid dienone is 1. The fourth-order valence-electron chi connectivity index (χ4n) is 3.13. The smallest absolute Gasteiger partial charge is 0.414 e. The van der Waals surface area contributed by atoms with E-state index in [4.69, 9.17) is 9.15 Å². The molecule has 0 saturated carbocycles. The molecule has 1 N–H and O–H groups in total. The molecule has 2 amide bonds. The number of aryl methyl sites for hydroxylation is 1. The summed E-state index contributed by atoms with van der Waals surface area (Å²) in [6.45, 7) is 1.92. The number of alkyl carbamates (subject to hydrolysis) is 1. The fraction of sp³-hybridized carbons (Fsp3) is 0.174. The average Bonchev–Trinajstić information content (AvgIpc) is 3.25. The van der Waals surface area contributed by atoms with Crippen molar-refractivity contribution in [3.8, 4) is 11.5 Å². The van der Waals surface area contributed by atoms with Gasteiger partial charge in [0.25, 0.3) is 5.91 Å². The van der Waals surface area contributed by atoms with E-state index in [1.54, 1.807) is 0 Å². The number of carbonyl (C=O) groups is 2. The first-order valence-corrected chi connectivity index (χ1v) is 9.37. The Balaban J connectivity index is 1.37. The van der Waals surface area contributed by atoms with Crippen molar-refractivity contribution < 1.29 is 18.7 Å². The van der Waals surface area contributed by atoms with Crippen LogP contribution in [-0.4, -0.2) is 23.1 Å². The normalized spacial score (nSPS) is 16.2. The number of oxazole rings is 1. The molecule has 1 aromatic heterocycles. The lowest BCUT2D eigenvalue weighted by Crippen LogP contribution is -2.25. The molecule has 29 heavy (non-hydrogen) atoms. The molecule has 2 heterocycles. The number of aromatic nitrogens is 1. The highest BCUT2D eigenvalue weighted by Gasteiger charge is 2.31. The van der Waals surface area contributed by atoms with E-state index in [1.807, 2.05) is 73.7 Å². The molecule has 1 aliphatic rings. The van der Waals surface area contributed by atoms with Crippen molar-refractivity contribution in [2.45, 2.75) is 25.9 Å². The highest BCUT2D eigenvalue weighted by atomic mass is 16.6. The van der Waals surface area contributed by atoms with Gasteiger partial charge >= 0.3 is 6.09 Å². The number of carbonyl (C=O) groups excluding carboxylic acids is 2. The van der Waals surface area contributed by atoms with Crippen molar-refractivity contribution in [1.82, 2.24) is 10.3 Å². The first-order valence-electron chi connectivity index (χ1n) is 9.37. The van der Waals surface area contributed by atoms with Gasteiger partial charge in [0.2, 0.25) is 5.89 Å². The predicted octanol–water partition coefficient (Wildman–Crippen LogP) is 4.08. The Morgan fingerprint density at radius 3 is 2.52 bits per heavy atom. The zero-order valence-electron chi connectivity index (χ0n) is 15.9. The molecule has 1 atom stereocenters. The third kappa shape index (κ3) is 4.43. The molecular weight excluding hydrogens is 368 g/mol. The van der Waals surface area contributed by atoms with Gasteiger partial charge in [0.05, 0.1) is 5.69 Å². The second kappa shape index (κ2) is 8.14. The summed E-state index contributed by atoms with van der Waals surface area (Å²) >= 11 is 0. The number of amides is 2. The zero-order valence-corrected chi connectivity index (χ0v) is 15.9. The SMILES string of the molecule is Cc1oc(-c2ccccc2)nc1CC=Cc1ccc(CC2OC(=O)NC2=O)cc1. The quantitative estimate of drug-likeness (QED) is 0.688. The first kappa shape index (κ1) is 18.7. The minimum Gasteiger partial charge on any atom is -0.441 e. The molecule has 0 spiro atoms. The van der Waals surface area contributed by atoms with Crippen LogP contribution >= 0.6 is 0 Å². The number of nitrogens with one attached hydrogen (secondary N) is 1. The van der Waals surface area contributed by atoms with E-state index >= 15 is 0 Å². The number of hydrogen-bond donors (Lipinski definition) is 1. The van der Waals surface area contributed by atoms with E-state index in [0.717, 1.165) is 28.1 Å². The Labute approximate surface area is 168 Å². The van der Waals surface area contributed by atoms with Crippen LogP contribution in [0.15, 0.2) is 65.1 Å². The zero-order chi connectivity index (χ0) is 20.2. The second-order valence-corrected chi connectivity index (χ2v) is 6.82. The van der Waals surface area contributed by atoms with E-state index in [2.05, 4.69) is 10.3 Å². The summed E-state index contributed by atoms with van der Waals surface area (Å²) in [5.74, 6) is 1.05. The fourth-order valence-corrected chi connectivity index (χ4v) is 3.13. The molecule has 1 fully saturated rings. The summed E-state index contributed by atoms with van der Waals surface area (Å²) < 4.78 is 10.7. The molecule has 1 saturated heterocycles. The van der Waals surface area contributed by atoms with E-state index in [9.17, 15) is 9.59 Å². The average molecular weight is 388 g/mol. The molecular formula is C23H20N2O4. The van der Waals surface area contributed by atoms with Crippen LogP contribution in [0.4, 0.5) is 4.79 Å². The van der Waals surface area contributed by atoms with Gasteiger partial charge in [0, 0.05) is 18.4 Å². The molecule has 0 radical (unpaired) electrons. The van der Waals surface area contributed by atoms with E-state index in [0.29, 0.717) is 18.7 Å². The van der Waals surface area contributed by atoms with Gasteiger partial charge in [-0.1, -0.05) is 54.6 Å². The van der Waals surface area contributed by atoms with Crippen molar-refractivity contribution in [1.29, 1.82) is 0 Å². The van der Waals surface area contributed by atoms with Crippen molar-refractivity contribution in [2.75, 3.05) is 0 Å². The molecule has 0 aliphatic carbocycles. The van der Waals surface area contributed by atoms with Gasteiger partial charge < -0.3 is 9.15 Å². The maximum Gasteiger partial charge on any atom is 0.414 e. The van der Waals surface area contributed by atoms with Gasteiger partial charge in [-0.05, 0) is 30.2 Å². The third-order valence-corrected chi connectivity index (χ3v) is 4.70. The monoisotopic (exact) mass is 388 g/mol. The topological polar surface area (TPSA) is 81.4 Å². The summed E-state index contributed by atoms with van der Waals surface area (Å²) in [6.07, 6.45) is 3.66. The van der Waals surface area contributed by atoms with Gasteiger partial charge in [0.15, 0.2) is 6.10 Å². The standard InChI is InChI=1S/C23H20N2O4/c1-15-19(24-22(28-15)18-7-3-2-4-8-18)9-5-6-16-10-12-17(13-11-16)14-20-21(26)25-23(27)29-20/h2-8,10-13,20H,9,14H2,1H3,(H,25,26,27). The van der Waals surface area contributed by atoms with Crippen molar-refractivity contribution in [2.24, 2.45) is 0 Å². The molecule has 0 bridgehead atoms. The Morgan fingerprint density at radius 2 is 1.83 bits per heavy atom. The third-order valence-electron chi connectivity index (χ3n) is 4.70. The van der Waals surface area contributed by atoms with Gasteiger partial charge in [0.1, 0.15) is 5.76 Å². The molecule has 1 aliphatic heterocycles. The van der Waals surface area contributed by atoms with Gasteiger partial charge in [-0.3, -0.25) is 10.1 Å². The molecule has 146 valence electrons. The maximum atomic E-state index is 11.6. The number of cyclic esters (lactones) is 1. The Kier molecular flexibility index (Phi) is 5.24. The number of imide groups is 1. The van der Waals surface area contributed by atoms with Crippen LogP contribution in [0.5, 0.6) is 0 Å². The van der Waals surface area contributed by atoms with E-state index in [-0.39, 0.29) is 0 Å². The van der Waals surface area contributed by atoms with Crippen LogP contribution < -0.4 is 5.32 Å². The van der Waals surface area contributed by atoms with E-state index < -0.39 is 18.1 Å². The summed E-state index contributed by atoms with van der Waals surface area (Å²) in [5, 5.41) is 2.13. The Bertz CT molecular complexity index is 1050. The second-order valence-electron chi connectivity index (χ2n) is 6.82. The largest absolute Gasteiger partial charge is 0.441 e. The molecule has 2 aromatic carbocycles. The van der Waals surface area contributed by atoms with Gasteiger partial charge in [-0.25, -0.2) is 9.78 Å². The van der Waals surface area contributed by atoms with Gasteiger partial charge in [-0.15, -0.1) is 0 Å². The van der Waals surface area contributed by atoms with Crippen LogP contribution in [0, 0.1) is 6.92 Å². The minimum absolute atomic E-state index is 0.363. The number of nitrogens with zero attached hydrogens (tertiary/aromatic N) is 1. The van der Waals surface area contributed by atoms with E-state index in [1.165, 1.54) is 0 Å². The summed E-state index contributed by atoms with van der Waals surface area (Å²) in [7, 11) is 0. The maximum absolute atomic E-state index is 11.6. The number of hydrogen-bond acceptors (Lipinski definition) is 5. The minimum atomic E-state index is -0.752. The predicted molar refractivity (Wildman–Crippen MR) is 108 cm³/mol. The van der Waals surface area contributed by atoms with Crippen LogP contribution in [0.2, 0.25) is 0 Å². The number of rotatable bonds is 6. The number of ether oxygens (including phenoxy) is 1. The van der Waals surface area contributed by atoms with Crippen molar-refractivity contribution in [3.63, 3.8) is 0 Å². The van der Waals surface area contributed by atoms with Crippen LogP contribution in [0.3, 0.4) is 0 Å². The summed E-state index contributed by atoms with van der Waals surface area (Å²) in [6, 6.07) is 17.6. The molecule has 1 unspecified atom stereocenters.